The number of aromatic nitrogens is 2. The lowest BCUT2D eigenvalue weighted by Gasteiger charge is -2.16. The third-order valence-electron chi connectivity index (χ3n) is 2.71. The van der Waals surface area contributed by atoms with Gasteiger partial charge in [-0.05, 0) is 6.07 Å². The summed E-state index contributed by atoms with van der Waals surface area (Å²) < 4.78 is 15.2. The van der Waals surface area contributed by atoms with Crippen molar-refractivity contribution in [1.82, 2.24) is 15.2 Å². The molecule has 0 amide bonds. The standard InChI is InChI=1S/C11H14FN5/c1-17-11(13)8(6-15-17)10(16-14)7-4-2-3-5-9(7)12/h2-6,10,16H,13-14H2,1H3. The molecule has 0 aliphatic rings. The average molecular weight is 235 g/mol. The maximum absolute atomic E-state index is 13.7. The van der Waals surface area contributed by atoms with Crippen LogP contribution in [-0.4, -0.2) is 9.78 Å². The zero-order valence-electron chi connectivity index (χ0n) is 9.39. The molecule has 0 saturated heterocycles. The van der Waals surface area contributed by atoms with Crippen molar-refractivity contribution in [2.45, 2.75) is 6.04 Å². The van der Waals surface area contributed by atoms with E-state index in [1.54, 1.807) is 31.4 Å². The van der Waals surface area contributed by atoms with E-state index in [-0.39, 0.29) is 5.82 Å². The molecule has 5 nitrogen and oxygen atoms in total. The SMILES string of the molecule is Cn1ncc(C(NN)c2ccccc2F)c1N. The molecule has 1 atom stereocenters. The lowest BCUT2D eigenvalue weighted by atomic mass is 10.0. The quantitative estimate of drug-likeness (QED) is 0.540. The molecule has 1 heterocycles. The maximum Gasteiger partial charge on any atom is 0.128 e. The number of hydrogen-bond acceptors (Lipinski definition) is 4. The molecule has 1 aromatic carbocycles. The molecule has 0 bridgehead atoms. The van der Waals surface area contributed by atoms with Crippen LogP contribution in [-0.2, 0) is 7.05 Å². The van der Waals surface area contributed by atoms with Crippen molar-refractivity contribution in [3.05, 3.63) is 47.4 Å². The van der Waals surface area contributed by atoms with Gasteiger partial charge in [0, 0.05) is 18.2 Å². The van der Waals surface area contributed by atoms with E-state index in [2.05, 4.69) is 10.5 Å². The lowest BCUT2D eigenvalue weighted by molar-refractivity contribution is 0.561. The number of hydrazine groups is 1. The van der Waals surface area contributed by atoms with Crippen LogP contribution in [0.2, 0.25) is 0 Å². The molecular weight excluding hydrogens is 221 g/mol. The number of aryl methyl sites for hydroxylation is 1. The van der Waals surface area contributed by atoms with Crippen LogP contribution in [0.5, 0.6) is 0 Å². The van der Waals surface area contributed by atoms with E-state index < -0.39 is 6.04 Å². The van der Waals surface area contributed by atoms with Crippen LogP contribution in [0.25, 0.3) is 0 Å². The Hall–Kier alpha value is -1.92. The fourth-order valence-electron chi connectivity index (χ4n) is 1.74. The summed E-state index contributed by atoms with van der Waals surface area (Å²) >= 11 is 0. The normalized spacial score (nSPS) is 12.6. The molecule has 0 aliphatic heterocycles. The first-order chi connectivity index (χ1) is 8.15. The molecule has 90 valence electrons. The third-order valence-corrected chi connectivity index (χ3v) is 2.71. The van der Waals surface area contributed by atoms with Crippen LogP contribution in [0.1, 0.15) is 17.2 Å². The molecule has 5 N–H and O–H groups in total. The molecule has 6 heteroatoms. The minimum atomic E-state index is -0.509. The summed E-state index contributed by atoms with van der Waals surface area (Å²) in [5.41, 5.74) is 9.50. The van der Waals surface area contributed by atoms with Crippen molar-refractivity contribution in [1.29, 1.82) is 0 Å². The topological polar surface area (TPSA) is 81.9 Å². The molecule has 0 fully saturated rings. The molecule has 1 unspecified atom stereocenters. The van der Waals surface area contributed by atoms with Crippen LogP contribution < -0.4 is 17.0 Å². The van der Waals surface area contributed by atoms with Gasteiger partial charge in [0.05, 0.1) is 12.2 Å². The summed E-state index contributed by atoms with van der Waals surface area (Å²) in [5.74, 6) is 5.59. The first kappa shape index (κ1) is 11.6. The fourth-order valence-corrected chi connectivity index (χ4v) is 1.74. The summed E-state index contributed by atoms with van der Waals surface area (Å²) in [4.78, 5) is 0. The van der Waals surface area contributed by atoms with Gasteiger partial charge in [-0.15, -0.1) is 0 Å². The number of nitrogens with two attached hydrogens (primary N) is 2. The van der Waals surface area contributed by atoms with Crippen LogP contribution in [0.4, 0.5) is 10.2 Å². The lowest BCUT2D eigenvalue weighted by Crippen LogP contribution is -2.30. The Morgan fingerprint density at radius 1 is 1.35 bits per heavy atom. The summed E-state index contributed by atoms with van der Waals surface area (Å²) in [6, 6.07) is 5.90. The number of benzene rings is 1. The first-order valence-electron chi connectivity index (χ1n) is 5.13. The number of hydrogen-bond donors (Lipinski definition) is 3. The Bertz CT molecular complexity index is 522. The molecule has 0 spiro atoms. The highest BCUT2D eigenvalue weighted by atomic mass is 19.1. The third kappa shape index (κ3) is 2.00. The minimum Gasteiger partial charge on any atom is -0.384 e. The van der Waals surface area contributed by atoms with E-state index in [9.17, 15) is 4.39 Å². The molecule has 0 radical (unpaired) electrons. The summed E-state index contributed by atoms with van der Waals surface area (Å²) in [6.45, 7) is 0. The molecular formula is C11H14FN5. The van der Waals surface area contributed by atoms with Crippen LogP contribution in [0.3, 0.4) is 0 Å². The number of rotatable bonds is 3. The van der Waals surface area contributed by atoms with Crippen molar-refractivity contribution >= 4 is 5.82 Å². The van der Waals surface area contributed by atoms with Crippen molar-refractivity contribution in [3.8, 4) is 0 Å². The molecule has 1 aromatic heterocycles. The Morgan fingerprint density at radius 2 is 2.06 bits per heavy atom. The predicted molar refractivity (Wildman–Crippen MR) is 63.2 cm³/mol. The number of nitrogens with one attached hydrogen (secondary N) is 1. The van der Waals surface area contributed by atoms with Crippen molar-refractivity contribution < 1.29 is 4.39 Å². The average Bonchev–Trinajstić information content (AvgIpc) is 2.65. The molecule has 17 heavy (non-hydrogen) atoms. The van der Waals surface area contributed by atoms with Gasteiger partial charge in [0.25, 0.3) is 0 Å². The van der Waals surface area contributed by atoms with Crippen LogP contribution in [0.15, 0.2) is 30.5 Å². The second-order valence-electron chi connectivity index (χ2n) is 3.73. The van der Waals surface area contributed by atoms with E-state index in [0.717, 1.165) is 0 Å². The highest BCUT2D eigenvalue weighted by Gasteiger charge is 2.20. The van der Waals surface area contributed by atoms with Gasteiger partial charge in [-0.25, -0.2) is 9.82 Å². The van der Waals surface area contributed by atoms with Gasteiger partial charge in [0.2, 0.25) is 0 Å². The zero-order valence-corrected chi connectivity index (χ0v) is 9.39. The predicted octanol–water partition coefficient (Wildman–Crippen LogP) is 0.694. The van der Waals surface area contributed by atoms with Crippen molar-refractivity contribution in [2.75, 3.05) is 5.73 Å². The number of nitrogens with zero attached hydrogens (tertiary/aromatic N) is 2. The highest BCUT2D eigenvalue weighted by Crippen LogP contribution is 2.27. The van der Waals surface area contributed by atoms with Gasteiger partial charge in [0.15, 0.2) is 0 Å². The minimum absolute atomic E-state index is 0.335. The first-order valence-corrected chi connectivity index (χ1v) is 5.13. The molecule has 0 aliphatic carbocycles. The number of anilines is 1. The van der Waals surface area contributed by atoms with Gasteiger partial charge < -0.3 is 5.73 Å². The van der Waals surface area contributed by atoms with E-state index in [1.807, 2.05) is 0 Å². The second kappa shape index (κ2) is 4.52. The van der Waals surface area contributed by atoms with Gasteiger partial charge in [-0.3, -0.25) is 10.5 Å². The van der Waals surface area contributed by atoms with E-state index in [1.165, 1.54) is 10.7 Å². The highest BCUT2D eigenvalue weighted by molar-refractivity contribution is 5.45. The van der Waals surface area contributed by atoms with Crippen LogP contribution >= 0.6 is 0 Å². The number of halogens is 1. The largest absolute Gasteiger partial charge is 0.384 e. The maximum atomic E-state index is 13.7. The summed E-state index contributed by atoms with van der Waals surface area (Å²) in [6.07, 6.45) is 1.58. The van der Waals surface area contributed by atoms with Gasteiger partial charge >= 0.3 is 0 Å². The monoisotopic (exact) mass is 235 g/mol. The van der Waals surface area contributed by atoms with E-state index >= 15 is 0 Å². The van der Waals surface area contributed by atoms with Crippen molar-refractivity contribution in [3.63, 3.8) is 0 Å². The Kier molecular flexibility index (Phi) is 3.08. The zero-order chi connectivity index (χ0) is 12.4. The molecule has 2 rings (SSSR count). The van der Waals surface area contributed by atoms with E-state index in [4.69, 9.17) is 11.6 Å². The Balaban J connectivity index is 2.48. The van der Waals surface area contributed by atoms with Crippen molar-refractivity contribution in [2.24, 2.45) is 12.9 Å². The van der Waals surface area contributed by atoms with E-state index in [0.29, 0.717) is 16.9 Å². The van der Waals surface area contributed by atoms with Gasteiger partial charge in [0.1, 0.15) is 11.6 Å². The number of nitrogen functional groups attached to an aromatic ring is 1. The summed E-state index contributed by atoms with van der Waals surface area (Å²) in [5, 5.41) is 4.01. The molecule has 0 saturated carbocycles. The Labute approximate surface area is 98.2 Å². The van der Waals surface area contributed by atoms with Gasteiger partial charge in [-0.1, -0.05) is 18.2 Å². The second-order valence-corrected chi connectivity index (χ2v) is 3.73. The summed E-state index contributed by atoms with van der Waals surface area (Å²) in [7, 11) is 1.72. The fraction of sp³-hybridized carbons (Fsp3) is 0.182. The van der Waals surface area contributed by atoms with Gasteiger partial charge in [-0.2, -0.15) is 5.10 Å². The van der Waals surface area contributed by atoms with Crippen LogP contribution in [0, 0.1) is 5.82 Å². The Morgan fingerprint density at radius 3 is 2.59 bits per heavy atom. The molecule has 2 aromatic rings. The smallest absolute Gasteiger partial charge is 0.128 e.